The van der Waals surface area contributed by atoms with Crippen molar-refractivity contribution in [2.24, 2.45) is 0 Å². The lowest BCUT2D eigenvalue weighted by atomic mass is 10.4. The standard InChI is InChI=1S/C5H6N2O3S2/c1-12(9,10)5(8)4-3(6)2-7-11-4/h2H,6H2,1H3. The topological polar surface area (TPSA) is 90.1 Å². The number of anilines is 1. The van der Waals surface area contributed by atoms with Gasteiger partial charge < -0.3 is 5.73 Å². The SMILES string of the molecule is CS(=O)(=O)C(=O)c1sncc1N. The van der Waals surface area contributed by atoms with Crippen LogP contribution in [-0.4, -0.2) is 24.2 Å². The van der Waals surface area contributed by atoms with Crippen LogP contribution in [0.2, 0.25) is 0 Å². The van der Waals surface area contributed by atoms with E-state index in [1.54, 1.807) is 0 Å². The number of hydrogen-bond donors (Lipinski definition) is 1. The van der Waals surface area contributed by atoms with Crippen LogP contribution in [0.5, 0.6) is 0 Å². The van der Waals surface area contributed by atoms with Crippen LogP contribution in [-0.2, 0) is 9.84 Å². The van der Waals surface area contributed by atoms with Gasteiger partial charge in [0.05, 0.1) is 11.9 Å². The smallest absolute Gasteiger partial charge is 0.289 e. The van der Waals surface area contributed by atoms with Gasteiger partial charge in [0.2, 0.25) is 9.84 Å². The van der Waals surface area contributed by atoms with Crippen molar-refractivity contribution in [1.82, 2.24) is 4.37 Å². The van der Waals surface area contributed by atoms with Crippen molar-refractivity contribution in [3.63, 3.8) is 0 Å². The number of aromatic nitrogens is 1. The molecule has 0 aromatic carbocycles. The molecular formula is C5H6N2O3S2. The number of carbonyl (C=O) groups is 1. The number of nitrogens with zero attached hydrogens (tertiary/aromatic N) is 1. The van der Waals surface area contributed by atoms with Crippen LogP contribution in [0.25, 0.3) is 0 Å². The molecule has 1 aromatic heterocycles. The minimum atomic E-state index is -3.70. The van der Waals surface area contributed by atoms with Gasteiger partial charge >= 0.3 is 0 Å². The molecular weight excluding hydrogens is 200 g/mol. The van der Waals surface area contributed by atoms with Crippen molar-refractivity contribution in [3.8, 4) is 0 Å². The molecule has 66 valence electrons. The van der Waals surface area contributed by atoms with Gasteiger partial charge in [-0.2, -0.15) is 4.37 Å². The second-order valence-corrected chi connectivity index (χ2v) is 4.89. The van der Waals surface area contributed by atoms with E-state index < -0.39 is 15.0 Å². The number of rotatable bonds is 1. The molecule has 0 saturated heterocycles. The summed E-state index contributed by atoms with van der Waals surface area (Å²) in [5.41, 5.74) is 5.41. The van der Waals surface area contributed by atoms with Crippen LogP contribution in [0.1, 0.15) is 9.67 Å². The third-order valence-corrected chi connectivity index (χ3v) is 2.94. The number of sulfone groups is 1. The van der Waals surface area contributed by atoms with Gasteiger partial charge in [0.15, 0.2) is 0 Å². The molecule has 0 amide bonds. The second-order valence-electron chi connectivity index (χ2n) is 2.17. The first-order valence-corrected chi connectivity index (χ1v) is 5.54. The summed E-state index contributed by atoms with van der Waals surface area (Å²) in [6.07, 6.45) is 2.09. The van der Waals surface area contributed by atoms with Gasteiger partial charge in [-0.3, -0.25) is 4.79 Å². The lowest BCUT2D eigenvalue weighted by Gasteiger charge is -1.93. The van der Waals surface area contributed by atoms with Crippen molar-refractivity contribution < 1.29 is 13.2 Å². The fraction of sp³-hybridized carbons (Fsp3) is 0.200. The van der Waals surface area contributed by atoms with E-state index in [0.717, 1.165) is 17.8 Å². The Kier molecular flexibility index (Phi) is 2.16. The highest BCUT2D eigenvalue weighted by atomic mass is 32.2. The Morgan fingerprint density at radius 3 is 2.58 bits per heavy atom. The Morgan fingerprint density at radius 1 is 1.67 bits per heavy atom. The number of nitrogens with two attached hydrogens (primary N) is 1. The van der Waals surface area contributed by atoms with E-state index in [1.807, 2.05) is 0 Å². The molecule has 0 atom stereocenters. The average molecular weight is 206 g/mol. The monoisotopic (exact) mass is 206 g/mol. The van der Waals surface area contributed by atoms with E-state index in [2.05, 4.69) is 4.37 Å². The maximum absolute atomic E-state index is 11.1. The van der Waals surface area contributed by atoms with Gasteiger partial charge in [-0.1, -0.05) is 0 Å². The first-order chi connectivity index (χ1) is 5.43. The minimum Gasteiger partial charge on any atom is -0.396 e. The van der Waals surface area contributed by atoms with Gasteiger partial charge in [0, 0.05) is 6.26 Å². The summed E-state index contributed by atoms with van der Waals surface area (Å²) in [5, 5.41) is -0.970. The third-order valence-electron chi connectivity index (χ3n) is 1.12. The zero-order chi connectivity index (χ0) is 9.35. The molecule has 0 bridgehead atoms. The van der Waals surface area contributed by atoms with E-state index >= 15 is 0 Å². The van der Waals surface area contributed by atoms with Crippen molar-refractivity contribution in [1.29, 1.82) is 0 Å². The quantitative estimate of drug-likeness (QED) is 0.693. The molecule has 0 aliphatic heterocycles. The molecule has 0 spiro atoms. The zero-order valence-corrected chi connectivity index (χ0v) is 7.78. The maximum atomic E-state index is 11.1. The first-order valence-electron chi connectivity index (χ1n) is 2.87. The molecule has 0 unspecified atom stereocenters. The molecule has 1 aromatic rings. The van der Waals surface area contributed by atoms with Crippen molar-refractivity contribution in [3.05, 3.63) is 11.1 Å². The maximum Gasteiger partial charge on any atom is 0.289 e. The molecule has 0 radical (unpaired) electrons. The predicted molar refractivity (Wildman–Crippen MR) is 45.7 cm³/mol. The largest absolute Gasteiger partial charge is 0.396 e. The summed E-state index contributed by atoms with van der Waals surface area (Å²) >= 11 is 0.781. The third kappa shape index (κ3) is 1.62. The van der Waals surface area contributed by atoms with E-state index in [4.69, 9.17) is 5.73 Å². The summed E-state index contributed by atoms with van der Waals surface area (Å²) < 4.78 is 25.1. The van der Waals surface area contributed by atoms with E-state index in [0.29, 0.717) is 0 Å². The van der Waals surface area contributed by atoms with E-state index in [9.17, 15) is 13.2 Å². The van der Waals surface area contributed by atoms with Gasteiger partial charge in [0.25, 0.3) is 5.12 Å². The van der Waals surface area contributed by atoms with Gasteiger partial charge in [-0.05, 0) is 11.5 Å². The van der Waals surface area contributed by atoms with Crippen molar-refractivity contribution in [2.75, 3.05) is 12.0 Å². The molecule has 0 fully saturated rings. The molecule has 0 saturated carbocycles. The van der Waals surface area contributed by atoms with Crippen molar-refractivity contribution in [2.45, 2.75) is 0 Å². The summed E-state index contributed by atoms with van der Waals surface area (Å²) in [5.74, 6) is 0. The highest BCUT2D eigenvalue weighted by Gasteiger charge is 2.22. The van der Waals surface area contributed by atoms with Crippen LogP contribution in [0.15, 0.2) is 6.20 Å². The van der Waals surface area contributed by atoms with Gasteiger partial charge in [0.1, 0.15) is 4.88 Å². The highest BCUT2D eigenvalue weighted by molar-refractivity contribution is 8.06. The molecule has 1 rings (SSSR count). The Bertz CT molecular complexity index is 406. The predicted octanol–water partition coefficient (Wildman–Crippen LogP) is -0.0899. The molecule has 7 heteroatoms. The Labute approximate surface area is 73.3 Å². The Hall–Kier alpha value is -0.950. The Balaban J connectivity index is 3.19. The number of nitrogen functional groups attached to an aromatic ring is 1. The van der Waals surface area contributed by atoms with Crippen LogP contribution >= 0.6 is 11.5 Å². The average Bonchev–Trinajstić information content (AvgIpc) is 2.31. The van der Waals surface area contributed by atoms with Gasteiger partial charge in [-0.15, -0.1) is 0 Å². The summed E-state index contributed by atoms with van der Waals surface area (Å²) in [6.45, 7) is 0. The van der Waals surface area contributed by atoms with E-state index in [1.165, 1.54) is 6.20 Å². The van der Waals surface area contributed by atoms with Crippen LogP contribution in [0, 0.1) is 0 Å². The van der Waals surface area contributed by atoms with E-state index in [-0.39, 0.29) is 10.6 Å². The van der Waals surface area contributed by atoms with Crippen LogP contribution in [0.3, 0.4) is 0 Å². The number of carbonyl (C=O) groups excluding carboxylic acids is 1. The van der Waals surface area contributed by atoms with Crippen LogP contribution < -0.4 is 5.73 Å². The second kappa shape index (κ2) is 2.83. The molecule has 5 nitrogen and oxygen atoms in total. The molecule has 1 heterocycles. The Morgan fingerprint density at radius 2 is 2.25 bits per heavy atom. The fourth-order valence-corrected chi connectivity index (χ4v) is 2.10. The summed E-state index contributed by atoms with van der Waals surface area (Å²) in [7, 11) is -3.70. The molecule has 2 N–H and O–H groups in total. The minimum absolute atomic E-state index is 0.0162. The summed E-state index contributed by atoms with van der Waals surface area (Å²) in [6, 6.07) is 0. The zero-order valence-electron chi connectivity index (χ0n) is 6.14. The lowest BCUT2D eigenvalue weighted by Crippen LogP contribution is -2.12. The highest BCUT2D eigenvalue weighted by Crippen LogP contribution is 2.17. The molecule has 0 aliphatic carbocycles. The van der Waals surface area contributed by atoms with Gasteiger partial charge in [-0.25, -0.2) is 8.42 Å². The summed E-state index contributed by atoms with van der Waals surface area (Å²) in [4.78, 5) is 11.0. The fourth-order valence-electron chi connectivity index (χ4n) is 0.571. The molecule has 0 aliphatic rings. The molecule has 12 heavy (non-hydrogen) atoms. The van der Waals surface area contributed by atoms with Crippen LogP contribution in [0.4, 0.5) is 5.69 Å². The normalized spacial score (nSPS) is 11.4. The lowest BCUT2D eigenvalue weighted by molar-refractivity contribution is 0.108. The first kappa shape index (κ1) is 9.14. The van der Waals surface area contributed by atoms with Crippen molar-refractivity contribution >= 4 is 32.2 Å². The number of hydrogen-bond acceptors (Lipinski definition) is 6.